The highest BCUT2D eigenvalue weighted by atomic mass is 19.1. The molecule has 2 aromatic carbocycles. The fraction of sp³-hybridized carbons (Fsp3) is 0.276. The Morgan fingerprint density at radius 3 is 2.67 bits per heavy atom. The van der Waals surface area contributed by atoms with Gasteiger partial charge in [0.2, 0.25) is 17.7 Å². The number of amides is 1. The molecular formula is C29H31FN6O3. The number of aromatic nitrogens is 2. The molecule has 1 saturated heterocycles. The van der Waals surface area contributed by atoms with Gasteiger partial charge in [-0.05, 0) is 61.5 Å². The zero-order valence-electron chi connectivity index (χ0n) is 21.8. The minimum absolute atomic E-state index is 0.166. The van der Waals surface area contributed by atoms with Crippen molar-refractivity contribution in [3.8, 4) is 11.6 Å². The maximum absolute atomic E-state index is 14.0. The van der Waals surface area contributed by atoms with Gasteiger partial charge in [0.15, 0.2) is 5.75 Å². The number of rotatable bonds is 8. The molecule has 0 aliphatic carbocycles. The van der Waals surface area contributed by atoms with Crippen molar-refractivity contribution in [1.82, 2.24) is 14.9 Å². The summed E-state index contributed by atoms with van der Waals surface area (Å²) < 4.78 is 25.6. The van der Waals surface area contributed by atoms with Crippen LogP contribution in [0.4, 0.5) is 27.4 Å². The van der Waals surface area contributed by atoms with E-state index in [-0.39, 0.29) is 17.3 Å². The van der Waals surface area contributed by atoms with Crippen molar-refractivity contribution < 1.29 is 18.7 Å². The van der Waals surface area contributed by atoms with Gasteiger partial charge in [0.25, 0.3) is 0 Å². The predicted octanol–water partition coefficient (Wildman–Crippen LogP) is 4.83. The second-order valence-electron chi connectivity index (χ2n) is 9.36. The fourth-order valence-electron chi connectivity index (χ4n) is 4.42. The molecule has 0 saturated carbocycles. The molecule has 10 heteroatoms. The standard InChI is InChI=1S/C29H31FN6O3/c1-3-27(37)33-25-18-21(30)4-9-26(25)39-28-24(20-10-16-38-17-11-20)19-31-29(34-28)32-22-5-7-23(8-6-22)36-14-12-35(2)13-15-36/h3-10,18-19H,1,11-17H2,2H3,(H,33,37)(H,31,32,34). The van der Waals surface area contributed by atoms with Gasteiger partial charge in [-0.2, -0.15) is 4.98 Å². The molecule has 2 N–H and O–H groups in total. The summed E-state index contributed by atoms with van der Waals surface area (Å²) >= 11 is 0. The Balaban J connectivity index is 1.41. The van der Waals surface area contributed by atoms with E-state index in [1.54, 1.807) is 6.20 Å². The van der Waals surface area contributed by atoms with E-state index in [1.807, 2.05) is 18.2 Å². The molecule has 1 fully saturated rings. The third-order valence-electron chi connectivity index (χ3n) is 6.65. The number of hydrogen-bond acceptors (Lipinski definition) is 8. The molecule has 0 atom stereocenters. The summed E-state index contributed by atoms with van der Waals surface area (Å²) in [4.78, 5) is 25.8. The van der Waals surface area contributed by atoms with Gasteiger partial charge in [0.05, 0.1) is 24.5 Å². The quantitative estimate of drug-likeness (QED) is 0.400. The van der Waals surface area contributed by atoms with E-state index < -0.39 is 11.7 Å². The predicted molar refractivity (Wildman–Crippen MR) is 150 cm³/mol. The number of nitrogens with one attached hydrogen (secondary N) is 2. The van der Waals surface area contributed by atoms with Crippen LogP contribution in [0.15, 0.2) is 67.4 Å². The van der Waals surface area contributed by atoms with Crippen molar-refractivity contribution in [1.29, 1.82) is 0 Å². The molecule has 0 unspecified atom stereocenters. The van der Waals surface area contributed by atoms with E-state index >= 15 is 0 Å². The Labute approximate surface area is 227 Å². The summed E-state index contributed by atoms with van der Waals surface area (Å²) in [6.07, 6.45) is 5.44. The fourth-order valence-corrected chi connectivity index (χ4v) is 4.42. The SMILES string of the molecule is C=CC(=O)Nc1cc(F)ccc1Oc1nc(Nc2ccc(N3CCN(C)CC3)cc2)ncc1C1=CCOCC1. The van der Waals surface area contributed by atoms with Gasteiger partial charge in [0, 0.05) is 49.8 Å². The lowest BCUT2D eigenvalue weighted by Gasteiger charge is -2.34. The molecule has 0 bridgehead atoms. The van der Waals surface area contributed by atoms with Crippen molar-refractivity contribution >= 4 is 34.5 Å². The maximum Gasteiger partial charge on any atom is 0.247 e. The molecule has 2 aliphatic rings. The second-order valence-corrected chi connectivity index (χ2v) is 9.36. The van der Waals surface area contributed by atoms with Gasteiger partial charge in [0.1, 0.15) is 5.82 Å². The van der Waals surface area contributed by atoms with E-state index in [2.05, 4.69) is 56.2 Å². The highest BCUT2D eigenvalue weighted by Crippen LogP contribution is 2.36. The van der Waals surface area contributed by atoms with Crippen LogP contribution in [-0.4, -0.2) is 67.2 Å². The molecule has 1 amide bonds. The second kappa shape index (κ2) is 12.1. The molecule has 0 spiro atoms. The van der Waals surface area contributed by atoms with Crippen LogP contribution >= 0.6 is 0 Å². The largest absolute Gasteiger partial charge is 0.436 e. The van der Waals surface area contributed by atoms with Crippen molar-refractivity contribution in [3.05, 3.63) is 78.8 Å². The lowest BCUT2D eigenvalue weighted by atomic mass is 10.0. The Hall–Kier alpha value is -4.28. The average Bonchev–Trinajstić information content (AvgIpc) is 2.96. The molecular weight excluding hydrogens is 499 g/mol. The molecule has 5 rings (SSSR count). The Morgan fingerprint density at radius 1 is 1.15 bits per heavy atom. The Morgan fingerprint density at radius 2 is 1.95 bits per heavy atom. The zero-order chi connectivity index (χ0) is 27.2. The van der Waals surface area contributed by atoms with Crippen molar-refractivity contribution in [2.24, 2.45) is 0 Å². The van der Waals surface area contributed by atoms with E-state index in [4.69, 9.17) is 9.47 Å². The van der Waals surface area contributed by atoms with Crippen molar-refractivity contribution in [3.63, 3.8) is 0 Å². The third kappa shape index (κ3) is 6.60. The van der Waals surface area contributed by atoms with Crippen LogP contribution in [-0.2, 0) is 9.53 Å². The normalized spacial score (nSPS) is 15.8. The summed E-state index contributed by atoms with van der Waals surface area (Å²) in [6, 6.07) is 12.0. The number of carbonyl (C=O) groups is 1. The molecule has 3 aromatic rings. The maximum atomic E-state index is 14.0. The molecule has 202 valence electrons. The first-order valence-electron chi connectivity index (χ1n) is 12.8. The van der Waals surface area contributed by atoms with Crippen LogP contribution in [0.1, 0.15) is 12.0 Å². The van der Waals surface area contributed by atoms with Gasteiger partial charge in [-0.25, -0.2) is 9.37 Å². The average molecular weight is 531 g/mol. The van der Waals surface area contributed by atoms with Crippen LogP contribution < -0.4 is 20.3 Å². The summed E-state index contributed by atoms with van der Waals surface area (Å²) in [5, 5.41) is 5.83. The summed E-state index contributed by atoms with van der Waals surface area (Å²) in [5.41, 5.74) is 3.85. The number of nitrogens with zero attached hydrogens (tertiary/aromatic N) is 4. The highest BCUT2D eigenvalue weighted by Gasteiger charge is 2.19. The molecule has 1 aromatic heterocycles. The number of likely N-dealkylation sites (N-methyl/N-ethyl adjacent to an activating group) is 1. The van der Waals surface area contributed by atoms with Gasteiger partial charge < -0.3 is 29.9 Å². The van der Waals surface area contributed by atoms with E-state index in [0.717, 1.165) is 43.5 Å². The lowest BCUT2D eigenvalue weighted by Crippen LogP contribution is -2.44. The molecule has 9 nitrogen and oxygen atoms in total. The Bertz CT molecular complexity index is 1370. The van der Waals surface area contributed by atoms with Crippen molar-refractivity contribution in [2.45, 2.75) is 6.42 Å². The Kier molecular flexibility index (Phi) is 8.14. The van der Waals surface area contributed by atoms with Gasteiger partial charge in [-0.3, -0.25) is 4.79 Å². The number of halogens is 1. The first-order chi connectivity index (χ1) is 19.0. The lowest BCUT2D eigenvalue weighted by molar-refractivity contribution is -0.111. The summed E-state index contributed by atoms with van der Waals surface area (Å²) in [6.45, 7) is 8.57. The van der Waals surface area contributed by atoms with Crippen molar-refractivity contribution in [2.75, 3.05) is 62.0 Å². The minimum atomic E-state index is -0.515. The van der Waals surface area contributed by atoms with Crippen LogP contribution in [0.3, 0.4) is 0 Å². The summed E-state index contributed by atoms with van der Waals surface area (Å²) in [7, 11) is 2.14. The van der Waals surface area contributed by atoms with E-state index in [9.17, 15) is 9.18 Å². The number of carbonyl (C=O) groups excluding carboxylic acids is 1. The van der Waals surface area contributed by atoms with Gasteiger partial charge in [-0.15, -0.1) is 0 Å². The van der Waals surface area contributed by atoms with Gasteiger partial charge >= 0.3 is 0 Å². The van der Waals surface area contributed by atoms with Gasteiger partial charge in [-0.1, -0.05) is 12.7 Å². The molecule has 2 aliphatic heterocycles. The molecule has 39 heavy (non-hydrogen) atoms. The minimum Gasteiger partial charge on any atom is -0.436 e. The number of hydrogen-bond donors (Lipinski definition) is 2. The van der Waals surface area contributed by atoms with Crippen LogP contribution in [0.25, 0.3) is 5.57 Å². The van der Waals surface area contributed by atoms with Crippen LogP contribution in [0.2, 0.25) is 0 Å². The topological polar surface area (TPSA) is 91.8 Å². The number of anilines is 4. The van der Waals surface area contributed by atoms with E-state index in [1.165, 1.54) is 23.9 Å². The molecule has 3 heterocycles. The smallest absolute Gasteiger partial charge is 0.247 e. The third-order valence-corrected chi connectivity index (χ3v) is 6.65. The summed E-state index contributed by atoms with van der Waals surface area (Å²) in [5.74, 6) is -0.147. The number of benzene rings is 2. The first kappa shape index (κ1) is 26.3. The van der Waals surface area contributed by atoms with Crippen LogP contribution in [0, 0.1) is 5.82 Å². The molecule has 0 radical (unpaired) electrons. The highest BCUT2D eigenvalue weighted by molar-refractivity contribution is 5.99. The monoisotopic (exact) mass is 530 g/mol. The number of ether oxygens (including phenoxy) is 2. The number of piperazine rings is 1. The zero-order valence-corrected chi connectivity index (χ0v) is 21.8. The first-order valence-corrected chi connectivity index (χ1v) is 12.8. The van der Waals surface area contributed by atoms with Crippen LogP contribution in [0.5, 0.6) is 11.6 Å². The van der Waals surface area contributed by atoms with E-state index in [0.29, 0.717) is 31.1 Å².